The summed E-state index contributed by atoms with van der Waals surface area (Å²) >= 11 is 1.75. The van der Waals surface area contributed by atoms with Crippen molar-refractivity contribution in [2.24, 2.45) is 0 Å². The first-order chi connectivity index (χ1) is 9.80. The molecule has 0 aliphatic carbocycles. The summed E-state index contributed by atoms with van der Waals surface area (Å²) in [7, 11) is 0. The van der Waals surface area contributed by atoms with Crippen LogP contribution in [-0.4, -0.2) is 35.8 Å². The van der Waals surface area contributed by atoms with E-state index in [0.717, 1.165) is 48.6 Å². The maximum Gasteiger partial charge on any atom is 0.226 e. The second kappa shape index (κ2) is 5.93. The highest BCUT2D eigenvalue weighted by Gasteiger charge is 2.18. The topological polar surface area (TPSA) is 59.1 Å². The maximum absolute atomic E-state index is 5.43. The van der Waals surface area contributed by atoms with E-state index in [1.807, 2.05) is 0 Å². The predicted molar refractivity (Wildman–Crippen MR) is 83.8 cm³/mol. The summed E-state index contributed by atoms with van der Waals surface area (Å²) in [5.41, 5.74) is 0. The average molecular weight is 292 g/mol. The van der Waals surface area contributed by atoms with Crippen LogP contribution in [0.5, 0.6) is 0 Å². The number of aromatic nitrogens is 2. The summed E-state index contributed by atoms with van der Waals surface area (Å²) < 4.78 is 5.43. The molecule has 2 aromatic rings. The minimum absolute atomic E-state index is 0.354. The van der Waals surface area contributed by atoms with Crippen molar-refractivity contribution in [3.05, 3.63) is 10.9 Å². The van der Waals surface area contributed by atoms with Gasteiger partial charge in [0.05, 0.1) is 18.0 Å². The van der Waals surface area contributed by atoms with E-state index in [4.69, 9.17) is 4.74 Å². The van der Waals surface area contributed by atoms with Gasteiger partial charge in [-0.25, -0.2) is 4.98 Å². The lowest BCUT2D eigenvalue weighted by Crippen LogP contribution is -2.20. The summed E-state index contributed by atoms with van der Waals surface area (Å²) in [6, 6.07) is 2.56. The van der Waals surface area contributed by atoms with Gasteiger partial charge in [0.2, 0.25) is 5.95 Å². The van der Waals surface area contributed by atoms with Crippen LogP contribution in [0.4, 0.5) is 11.8 Å². The third-order valence-corrected chi connectivity index (χ3v) is 4.57. The van der Waals surface area contributed by atoms with Crippen LogP contribution in [0, 0.1) is 0 Å². The smallest absolute Gasteiger partial charge is 0.226 e. The average Bonchev–Trinajstić information content (AvgIpc) is 3.07. The SMILES string of the molecule is CCNc1nc(NC2CCOC2)c2cc(CC)sc2n1. The molecule has 0 spiro atoms. The van der Waals surface area contributed by atoms with Crippen molar-refractivity contribution in [3.8, 4) is 0 Å². The number of nitrogens with zero attached hydrogens (tertiary/aromatic N) is 2. The highest BCUT2D eigenvalue weighted by molar-refractivity contribution is 7.18. The third-order valence-electron chi connectivity index (χ3n) is 3.40. The number of hydrogen-bond acceptors (Lipinski definition) is 6. The van der Waals surface area contributed by atoms with Crippen LogP contribution in [0.15, 0.2) is 6.07 Å². The predicted octanol–water partition coefficient (Wildman–Crippen LogP) is 2.89. The van der Waals surface area contributed by atoms with Gasteiger partial charge in [0.15, 0.2) is 0 Å². The van der Waals surface area contributed by atoms with Crippen molar-refractivity contribution in [1.29, 1.82) is 0 Å². The fourth-order valence-electron chi connectivity index (χ4n) is 2.33. The summed E-state index contributed by atoms with van der Waals surface area (Å²) in [5.74, 6) is 1.63. The highest BCUT2D eigenvalue weighted by atomic mass is 32.1. The lowest BCUT2D eigenvalue weighted by Gasteiger charge is -2.13. The van der Waals surface area contributed by atoms with Crippen LogP contribution < -0.4 is 10.6 Å². The number of anilines is 2. The number of ether oxygens (including phenoxy) is 1. The van der Waals surface area contributed by atoms with E-state index in [0.29, 0.717) is 12.0 Å². The van der Waals surface area contributed by atoms with Crippen molar-refractivity contribution in [1.82, 2.24) is 9.97 Å². The molecule has 6 heteroatoms. The number of rotatable bonds is 5. The quantitative estimate of drug-likeness (QED) is 0.887. The van der Waals surface area contributed by atoms with Gasteiger partial charge < -0.3 is 15.4 Å². The lowest BCUT2D eigenvalue weighted by atomic mass is 10.2. The minimum Gasteiger partial charge on any atom is -0.379 e. The molecular formula is C14H20N4OS. The molecule has 3 heterocycles. The Balaban J connectivity index is 1.98. The molecule has 0 bridgehead atoms. The molecule has 0 radical (unpaired) electrons. The molecule has 1 atom stereocenters. The molecule has 2 N–H and O–H groups in total. The molecule has 0 amide bonds. The Morgan fingerprint density at radius 2 is 2.30 bits per heavy atom. The first-order valence-electron chi connectivity index (χ1n) is 7.18. The Labute approximate surface area is 122 Å². The van der Waals surface area contributed by atoms with Gasteiger partial charge in [-0.05, 0) is 25.8 Å². The lowest BCUT2D eigenvalue weighted by molar-refractivity contribution is 0.195. The highest BCUT2D eigenvalue weighted by Crippen LogP contribution is 2.31. The van der Waals surface area contributed by atoms with E-state index in [-0.39, 0.29) is 0 Å². The standard InChI is InChI=1S/C14H20N4OS/c1-3-10-7-11-12(16-9-5-6-19-8-9)17-14(15-4-2)18-13(11)20-10/h7,9H,3-6,8H2,1-2H3,(H2,15,16,17,18). The van der Waals surface area contributed by atoms with E-state index in [9.17, 15) is 0 Å². The third kappa shape index (κ3) is 2.71. The molecule has 1 aliphatic heterocycles. The largest absolute Gasteiger partial charge is 0.379 e. The molecular weight excluding hydrogens is 272 g/mol. The molecule has 1 aliphatic rings. The monoisotopic (exact) mass is 292 g/mol. The van der Waals surface area contributed by atoms with Crippen molar-refractivity contribution in [2.75, 3.05) is 30.4 Å². The Morgan fingerprint density at radius 1 is 1.40 bits per heavy atom. The van der Waals surface area contributed by atoms with Crippen LogP contribution in [0.25, 0.3) is 10.2 Å². The second-order valence-corrected chi connectivity index (χ2v) is 6.03. The molecule has 20 heavy (non-hydrogen) atoms. The van der Waals surface area contributed by atoms with Gasteiger partial charge in [-0.3, -0.25) is 0 Å². The Bertz CT molecular complexity index is 592. The van der Waals surface area contributed by atoms with E-state index < -0.39 is 0 Å². The first-order valence-corrected chi connectivity index (χ1v) is 8.00. The number of fused-ring (bicyclic) bond motifs is 1. The normalized spacial score (nSPS) is 18.6. The molecule has 0 aromatic carbocycles. The zero-order valence-corrected chi connectivity index (χ0v) is 12.7. The van der Waals surface area contributed by atoms with E-state index in [1.54, 1.807) is 11.3 Å². The number of nitrogens with one attached hydrogen (secondary N) is 2. The van der Waals surface area contributed by atoms with Crippen LogP contribution in [0.2, 0.25) is 0 Å². The summed E-state index contributed by atoms with van der Waals surface area (Å²) in [4.78, 5) is 11.6. The van der Waals surface area contributed by atoms with Gasteiger partial charge in [-0.2, -0.15) is 4.98 Å². The van der Waals surface area contributed by atoms with Crippen LogP contribution >= 0.6 is 11.3 Å². The molecule has 0 saturated carbocycles. The van der Waals surface area contributed by atoms with E-state index in [1.165, 1.54) is 4.88 Å². The number of aryl methyl sites for hydroxylation is 1. The molecule has 2 aromatic heterocycles. The molecule has 108 valence electrons. The molecule has 1 fully saturated rings. The van der Waals surface area contributed by atoms with Crippen molar-refractivity contribution < 1.29 is 4.74 Å². The van der Waals surface area contributed by atoms with Crippen molar-refractivity contribution in [2.45, 2.75) is 32.7 Å². The maximum atomic E-state index is 5.43. The van der Waals surface area contributed by atoms with Crippen LogP contribution in [-0.2, 0) is 11.2 Å². The Hall–Kier alpha value is -1.40. The van der Waals surface area contributed by atoms with E-state index in [2.05, 4.69) is 40.5 Å². The zero-order chi connectivity index (χ0) is 13.9. The zero-order valence-electron chi connectivity index (χ0n) is 11.9. The Kier molecular flexibility index (Phi) is 4.03. The van der Waals surface area contributed by atoms with Crippen LogP contribution in [0.3, 0.4) is 0 Å². The molecule has 3 rings (SSSR count). The summed E-state index contributed by atoms with van der Waals surface area (Å²) in [6.45, 7) is 6.63. The number of hydrogen-bond donors (Lipinski definition) is 2. The molecule has 5 nitrogen and oxygen atoms in total. The molecule has 1 unspecified atom stereocenters. The van der Waals surface area contributed by atoms with Gasteiger partial charge in [-0.15, -0.1) is 11.3 Å². The van der Waals surface area contributed by atoms with Gasteiger partial charge in [0.25, 0.3) is 0 Å². The van der Waals surface area contributed by atoms with Crippen molar-refractivity contribution in [3.63, 3.8) is 0 Å². The summed E-state index contributed by atoms with van der Waals surface area (Å²) in [6.07, 6.45) is 2.07. The van der Waals surface area contributed by atoms with Crippen LogP contribution in [0.1, 0.15) is 25.1 Å². The molecule has 1 saturated heterocycles. The fourth-order valence-corrected chi connectivity index (χ4v) is 3.30. The van der Waals surface area contributed by atoms with Gasteiger partial charge in [0, 0.05) is 18.0 Å². The fraction of sp³-hybridized carbons (Fsp3) is 0.571. The minimum atomic E-state index is 0.354. The van der Waals surface area contributed by atoms with E-state index >= 15 is 0 Å². The summed E-state index contributed by atoms with van der Waals surface area (Å²) in [5, 5.41) is 7.84. The Morgan fingerprint density at radius 3 is 3.00 bits per heavy atom. The van der Waals surface area contributed by atoms with Gasteiger partial charge in [-0.1, -0.05) is 6.92 Å². The second-order valence-electron chi connectivity index (χ2n) is 4.92. The van der Waals surface area contributed by atoms with Gasteiger partial charge in [0.1, 0.15) is 10.6 Å². The van der Waals surface area contributed by atoms with Gasteiger partial charge >= 0.3 is 0 Å². The number of thiophene rings is 1. The van der Waals surface area contributed by atoms with Crippen molar-refractivity contribution >= 4 is 33.3 Å². The first kappa shape index (κ1) is 13.6.